The molecule has 0 amide bonds. The van der Waals surface area contributed by atoms with Crippen LogP contribution in [-0.4, -0.2) is 21.9 Å². The molecule has 3 heterocycles. The molecule has 1 aliphatic rings. The van der Waals surface area contributed by atoms with Crippen molar-refractivity contribution in [2.75, 3.05) is 0 Å². The van der Waals surface area contributed by atoms with Crippen LogP contribution in [0.5, 0.6) is 0 Å². The SMILES string of the molecule is Cc1cccnc1C1CC=CCC(C(=O)C(F)(F)F)(c2ncccc2C)N1. The van der Waals surface area contributed by atoms with Crippen LogP contribution in [0.2, 0.25) is 0 Å². The fraction of sp³-hybridized carbons (Fsp3) is 0.350. The van der Waals surface area contributed by atoms with Gasteiger partial charge >= 0.3 is 6.18 Å². The van der Waals surface area contributed by atoms with E-state index in [9.17, 15) is 18.0 Å². The number of nitrogens with zero attached hydrogens (tertiary/aromatic N) is 2. The lowest BCUT2D eigenvalue weighted by Gasteiger charge is -2.36. The van der Waals surface area contributed by atoms with Crippen LogP contribution < -0.4 is 5.32 Å². The van der Waals surface area contributed by atoms with Crippen LogP contribution in [0, 0.1) is 13.8 Å². The Kier molecular flexibility index (Phi) is 5.15. The molecule has 0 radical (unpaired) electrons. The van der Waals surface area contributed by atoms with Crippen molar-refractivity contribution in [2.24, 2.45) is 0 Å². The third-order valence-electron chi connectivity index (χ3n) is 4.82. The van der Waals surface area contributed by atoms with E-state index in [0.717, 1.165) is 5.56 Å². The number of hydrogen-bond donors (Lipinski definition) is 1. The second-order valence-corrected chi connectivity index (χ2v) is 6.71. The van der Waals surface area contributed by atoms with E-state index in [4.69, 9.17) is 0 Å². The summed E-state index contributed by atoms with van der Waals surface area (Å²) in [4.78, 5) is 21.1. The standard InChI is InChI=1S/C20H20F3N3O/c1-13-7-5-11-24-16(13)15-9-3-4-10-19(26-15,18(27)20(21,22)23)17-14(2)8-6-12-25-17/h3-8,11-12,15,26H,9-10H2,1-2H3. The van der Waals surface area contributed by atoms with Gasteiger partial charge in [0.05, 0.1) is 17.4 Å². The van der Waals surface area contributed by atoms with Gasteiger partial charge < -0.3 is 0 Å². The number of aryl methyl sites for hydroxylation is 2. The first-order valence-corrected chi connectivity index (χ1v) is 8.63. The van der Waals surface area contributed by atoms with Crippen molar-refractivity contribution in [3.63, 3.8) is 0 Å². The van der Waals surface area contributed by atoms with Crippen LogP contribution >= 0.6 is 0 Å². The maximum Gasteiger partial charge on any atom is 0.452 e. The zero-order valence-electron chi connectivity index (χ0n) is 15.0. The second-order valence-electron chi connectivity index (χ2n) is 6.71. The van der Waals surface area contributed by atoms with E-state index < -0.39 is 23.5 Å². The molecular formula is C20H20F3N3O. The molecule has 2 atom stereocenters. The molecule has 0 fully saturated rings. The van der Waals surface area contributed by atoms with Gasteiger partial charge in [0, 0.05) is 12.4 Å². The first-order valence-electron chi connectivity index (χ1n) is 8.63. The minimum atomic E-state index is -5.00. The number of hydrogen-bond acceptors (Lipinski definition) is 4. The lowest BCUT2D eigenvalue weighted by atomic mass is 9.82. The van der Waals surface area contributed by atoms with Crippen molar-refractivity contribution in [2.45, 2.75) is 44.4 Å². The summed E-state index contributed by atoms with van der Waals surface area (Å²) in [6, 6.07) is 6.36. The highest BCUT2D eigenvalue weighted by molar-refractivity contribution is 5.94. The molecule has 1 aliphatic heterocycles. The van der Waals surface area contributed by atoms with Crippen molar-refractivity contribution in [3.8, 4) is 0 Å². The van der Waals surface area contributed by atoms with Gasteiger partial charge in [-0.15, -0.1) is 0 Å². The van der Waals surface area contributed by atoms with Gasteiger partial charge in [0.1, 0.15) is 5.54 Å². The quantitative estimate of drug-likeness (QED) is 0.821. The molecule has 1 N–H and O–H groups in total. The number of Topliss-reactive ketones (excluding diaryl/α,β-unsaturated/α-hetero) is 1. The van der Waals surface area contributed by atoms with E-state index in [0.29, 0.717) is 17.7 Å². The molecule has 0 aliphatic carbocycles. The summed E-state index contributed by atoms with van der Waals surface area (Å²) < 4.78 is 40.7. The van der Waals surface area contributed by atoms with Crippen LogP contribution in [0.3, 0.4) is 0 Å². The average Bonchev–Trinajstić information content (AvgIpc) is 2.85. The van der Waals surface area contributed by atoms with Gasteiger partial charge in [-0.25, -0.2) is 0 Å². The molecule has 7 heteroatoms. The zero-order chi connectivity index (χ0) is 19.7. The van der Waals surface area contributed by atoms with Crippen LogP contribution in [0.1, 0.15) is 41.4 Å². The Bertz CT molecular complexity index is 879. The van der Waals surface area contributed by atoms with Crippen molar-refractivity contribution in [1.29, 1.82) is 0 Å². The lowest BCUT2D eigenvalue weighted by molar-refractivity contribution is -0.179. The molecule has 142 valence electrons. The number of carbonyl (C=O) groups excluding carboxylic acids is 1. The van der Waals surface area contributed by atoms with E-state index >= 15 is 0 Å². The summed E-state index contributed by atoms with van der Waals surface area (Å²) in [6.07, 6.45) is 1.70. The third-order valence-corrected chi connectivity index (χ3v) is 4.82. The molecule has 0 bridgehead atoms. The Morgan fingerprint density at radius 2 is 1.78 bits per heavy atom. The Morgan fingerprint density at radius 1 is 1.11 bits per heavy atom. The van der Waals surface area contributed by atoms with Gasteiger partial charge in [-0.3, -0.25) is 20.1 Å². The molecule has 27 heavy (non-hydrogen) atoms. The maximum atomic E-state index is 13.6. The largest absolute Gasteiger partial charge is 0.452 e. The molecule has 2 unspecified atom stereocenters. The number of alkyl halides is 3. The van der Waals surface area contributed by atoms with Gasteiger partial charge in [-0.05, 0) is 49.9 Å². The van der Waals surface area contributed by atoms with Gasteiger partial charge in [0.15, 0.2) is 0 Å². The first kappa shape index (κ1) is 19.2. The number of nitrogens with one attached hydrogen (secondary N) is 1. The van der Waals surface area contributed by atoms with E-state index in [2.05, 4.69) is 15.3 Å². The number of pyridine rings is 2. The Hall–Kier alpha value is -2.54. The van der Waals surface area contributed by atoms with Gasteiger partial charge in [0.25, 0.3) is 5.78 Å². The van der Waals surface area contributed by atoms with Crippen LogP contribution in [-0.2, 0) is 10.3 Å². The number of rotatable bonds is 3. The van der Waals surface area contributed by atoms with E-state index in [1.807, 2.05) is 13.0 Å². The minimum absolute atomic E-state index is 0.0949. The van der Waals surface area contributed by atoms with Crippen LogP contribution in [0.15, 0.2) is 48.8 Å². The summed E-state index contributed by atoms with van der Waals surface area (Å²) >= 11 is 0. The van der Waals surface area contributed by atoms with Crippen LogP contribution in [0.4, 0.5) is 13.2 Å². The second kappa shape index (κ2) is 7.23. The number of aromatic nitrogens is 2. The van der Waals surface area contributed by atoms with Crippen molar-refractivity contribution in [1.82, 2.24) is 15.3 Å². The highest BCUT2D eigenvalue weighted by atomic mass is 19.4. The first-order chi connectivity index (χ1) is 12.8. The van der Waals surface area contributed by atoms with Crippen molar-refractivity contribution in [3.05, 3.63) is 71.3 Å². The number of halogens is 3. The molecule has 0 spiro atoms. The smallest absolute Gasteiger partial charge is 0.291 e. The molecule has 4 nitrogen and oxygen atoms in total. The third kappa shape index (κ3) is 3.64. The summed E-state index contributed by atoms with van der Waals surface area (Å²) in [6.45, 7) is 3.50. The summed E-state index contributed by atoms with van der Waals surface area (Å²) in [7, 11) is 0. The molecule has 2 aromatic heterocycles. The average molecular weight is 375 g/mol. The molecule has 0 saturated heterocycles. The molecule has 0 saturated carbocycles. The number of ketones is 1. The monoisotopic (exact) mass is 375 g/mol. The zero-order valence-corrected chi connectivity index (χ0v) is 15.0. The minimum Gasteiger partial charge on any atom is -0.291 e. The predicted octanol–water partition coefficient (Wildman–Crippen LogP) is 4.10. The Morgan fingerprint density at radius 3 is 2.41 bits per heavy atom. The summed E-state index contributed by atoms with van der Waals surface area (Å²) in [5, 5.41) is 2.99. The summed E-state index contributed by atoms with van der Waals surface area (Å²) in [5.74, 6) is -1.85. The van der Waals surface area contributed by atoms with Gasteiger partial charge in [-0.1, -0.05) is 24.3 Å². The molecule has 0 aromatic carbocycles. The van der Waals surface area contributed by atoms with Gasteiger partial charge in [0.2, 0.25) is 0 Å². The maximum absolute atomic E-state index is 13.6. The van der Waals surface area contributed by atoms with Gasteiger partial charge in [-0.2, -0.15) is 13.2 Å². The topological polar surface area (TPSA) is 54.9 Å². The highest BCUT2D eigenvalue weighted by Gasteiger charge is 2.55. The van der Waals surface area contributed by atoms with E-state index in [-0.39, 0.29) is 12.1 Å². The van der Waals surface area contributed by atoms with Crippen molar-refractivity contribution < 1.29 is 18.0 Å². The highest BCUT2D eigenvalue weighted by Crippen LogP contribution is 2.39. The molecule has 3 rings (SSSR count). The van der Waals surface area contributed by atoms with Crippen molar-refractivity contribution >= 4 is 5.78 Å². The normalized spacial score (nSPS) is 23.1. The van der Waals surface area contributed by atoms with E-state index in [1.54, 1.807) is 43.5 Å². The Labute approximate surface area is 155 Å². The fourth-order valence-electron chi connectivity index (χ4n) is 3.56. The number of carbonyl (C=O) groups is 1. The predicted molar refractivity (Wildman–Crippen MR) is 94.9 cm³/mol. The lowest BCUT2D eigenvalue weighted by Crippen LogP contribution is -2.55. The van der Waals surface area contributed by atoms with Crippen LogP contribution in [0.25, 0.3) is 0 Å². The summed E-state index contributed by atoms with van der Waals surface area (Å²) in [5.41, 5.74) is 0.0887. The Balaban J connectivity index is 2.17. The van der Waals surface area contributed by atoms with E-state index in [1.165, 1.54) is 6.20 Å². The fourth-order valence-corrected chi connectivity index (χ4v) is 3.56. The molecule has 2 aromatic rings. The molecular weight excluding hydrogens is 355 g/mol.